The van der Waals surface area contributed by atoms with E-state index in [4.69, 9.17) is 16.3 Å². The highest BCUT2D eigenvalue weighted by atomic mass is 35.5. The molecule has 3 nitrogen and oxygen atoms in total. The molecule has 0 saturated carbocycles. The zero-order chi connectivity index (χ0) is 16.4. The van der Waals surface area contributed by atoms with Gasteiger partial charge in [0.05, 0.1) is 18.2 Å². The normalized spacial score (nSPS) is 12.1. The largest absolute Gasteiger partial charge is 0.497 e. The lowest BCUT2D eigenvalue weighted by Gasteiger charge is -2.13. The molecule has 3 aromatic rings. The number of halogens is 1. The summed E-state index contributed by atoms with van der Waals surface area (Å²) in [5.41, 5.74) is 1.06. The number of thiophene rings is 1. The highest BCUT2D eigenvalue weighted by Crippen LogP contribution is 2.37. The molecule has 0 saturated heterocycles. The van der Waals surface area contributed by atoms with Crippen molar-refractivity contribution in [2.75, 3.05) is 7.11 Å². The number of fused-ring (bicyclic) bond motifs is 1. The van der Waals surface area contributed by atoms with Crippen LogP contribution < -0.4 is 10.1 Å². The number of benzene rings is 2. The Kier molecular flexibility index (Phi) is 4.55. The van der Waals surface area contributed by atoms with Crippen LogP contribution in [0, 0.1) is 0 Å². The molecule has 5 heteroatoms. The lowest BCUT2D eigenvalue weighted by Crippen LogP contribution is -2.26. The van der Waals surface area contributed by atoms with Gasteiger partial charge in [0, 0.05) is 10.1 Å². The van der Waals surface area contributed by atoms with Gasteiger partial charge in [-0.25, -0.2) is 0 Å². The summed E-state index contributed by atoms with van der Waals surface area (Å²) in [6.07, 6.45) is 0. The molecule has 1 N–H and O–H groups in total. The fourth-order valence-electron chi connectivity index (χ4n) is 2.41. The van der Waals surface area contributed by atoms with Crippen LogP contribution in [-0.4, -0.2) is 13.0 Å². The van der Waals surface area contributed by atoms with Gasteiger partial charge in [0.25, 0.3) is 5.91 Å². The summed E-state index contributed by atoms with van der Waals surface area (Å²) < 4.78 is 6.18. The number of ether oxygens (including phenoxy) is 1. The van der Waals surface area contributed by atoms with Crippen molar-refractivity contribution in [1.82, 2.24) is 5.32 Å². The minimum Gasteiger partial charge on any atom is -0.497 e. The molecule has 1 unspecified atom stereocenters. The molecular weight excluding hydrogens is 330 g/mol. The first-order chi connectivity index (χ1) is 11.1. The fourth-order valence-corrected chi connectivity index (χ4v) is 3.80. The van der Waals surface area contributed by atoms with Gasteiger partial charge < -0.3 is 10.1 Å². The van der Waals surface area contributed by atoms with Crippen molar-refractivity contribution in [3.8, 4) is 5.75 Å². The maximum atomic E-state index is 12.6. The van der Waals surface area contributed by atoms with Crippen molar-refractivity contribution in [3.05, 3.63) is 64.0 Å². The molecule has 3 rings (SSSR count). The minimum absolute atomic E-state index is 0.0838. The number of amides is 1. The molecule has 0 fully saturated rings. The van der Waals surface area contributed by atoms with Crippen LogP contribution in [-0.2, 0) is 0 Å². The third-order valence-corrected chi connectivity index (χ3v) is 5.36. The Balaban J connectivity index is 1.88. The zero-order valence-corrected chi connectivity index (χ0v) is 14.4. The molecule has 1 aromatic heterocycles. The summed E-state index contributed by atoms with van der Waals surface area (Å²) in [5.74, 6) is 0.563. The molecule has 0 spiro atoms. The monoisotopic (exact) mass is 345 g/mol. The number of nitrogens with one attached hydrogen (secondary N) is 1. The first-order valence-electron chi connectivity index (χ1n) is 7.22. The quantitative estimate of drug-likeness (QED) is 0.718. The zero-order valence-electron chi connectivity index (χ0n) is 12.8. The maximum Gasteiger partial charge on any atom is 0.263 e. The maximum absolute atomic E-state index is 12.6. The SMILES string of the molecule is COc1ccc2sc(C(=O)NC(C)c3ccccc3)c(Cl)c2c1. The Morgan fingerprint density at radius 2 is 1.96 bits per heavy atom. The molecule has 0 aliphatic heterocycles. The average Bonchev–Trinajstić information content (AvgIpc) is 2.92. The van der Waals surface area contributed by atoms with Crippen LogP contribution in [0.1, 0.15) is 28.2 Å². The number of hydrogen-bond donors (Lipinski definition) is 1. The van der Waals surface area contributed by atoms with Crippen molar-refractivity contribution < 1.29 is 9.53 Å². The summed E-state index contributed by atoms with van der Waals surface area (Å²) in [6, 6.07) is 15.4. The van der Waals surface area contributed by atoms with Crippen LogP contribution in [0.25, 0.3) is 10.1 Å². The first kappa shape index (κ1) is 15.8. The van der Waals surface area contributed by atoms with Crippen molar-refractivity contribution in [2.45, 2.75) is 13.0 Å². The van der Waals surface area contributed by atoms with E-state index >= 15 is 0 Å². The molecule has 1 heterocycles. The van der Waals surface area contributed by atoms with E-state index in [0.29, 0.717) is 9.90 Å². The molecule has 1 atom stereocenters. The van der Waals surface area contributed by atoms with Crippen LogP contribution in [0.4, 0.5) is 0 Å². The number of carbonyl (C=O) groups excluding carboxylic acids is 1. The van der Waals surface area contributed by atoms with E-state index in [2.05, 4.69) is 5.32 Å². The highest BCUT2D eigenvalue weighted by Gasteiger charge is 2.19. The molecule has 0 radical (unpaired) electrons. The topological polar surface area (TPSA) is 38.3 Å². The summed E-state index contributed by atoms with van der Waals surface area (Å²) in [6.45, 7) is 1.96. The smallest absolute Gasteiger partial charge is 0.263 e. The van der Waals surface area contributed by atoms with E-state index in [-0.39, 0.29) is 11.9 Å². The first-order valence-corrected chi connectivity index (χ1v) is 8.41. The molecule has 118 valence electrons. The molecule has 0 bridgehead atoms. The second kappa shape index (κ2) is 6.60. The second-order valence-electron chi connectivity index (χ2n) is 5.21. The lowest BCUT2D eigenvalue weighted by atomic mass is 10.1. The van der Waals surface area contributed by atoms with E-state index < -0.39 is 0 Å². The van der Waals surface area contributed by atoms with Gasteiger partial charge in [-0.05, 0) is 30.7 Å². The number of carbonyl (C=O) groups is 1. The predicted octanol–water partition coefficient (Wildman–Crippen LogP) is 5.05. The fraction of sp³-hybridized carbons (Fsp3) is 0.167. The molecular formula is C18H16ClNO2S. The van der Waals surface area contributed by atoms with Gasteiger partial charge in [-0.3, -0.25) is 4.79 Å². The van der Waals surface area contributed by atoms with Gasteiger partial charge in [0.1, 0.15) is 10.6 Å². The van der Waals surface area contributed by atoms with Crippen molar-refractivity contribution in [2.24, 2.45) is 0 Å². The van der Waals surface area contributed by atoms with Gasteiger partial charge in [-0.2, -0.15) is 0 Å². The summed E-state index contributed by atoms with van der Waals surface area (Å²) >= 11 is 7.79. The summed E-state index contributed by atoms with van der Waals surface area (Å²) in [4.78, 5) is 13.1. The van der Waals surface area contributed by atoms with Gasteiger partial charge in [-0.1, -0.05) is 41.9 Å². The summed E-state index contributed by atoms with van der Waals surface area (Å²) in [7, 11) is 1.61. The van der Waals surface area contributed by atoms with E-state index in [1.807, 2.05) is 55.5 Å². The minimum atomic E-state index is -0.161. The molecule has 0 aliphatic carbocycles. The highest BCUT2D eigenvalue weighted by molar-refractivity contribution is 7.21. The van der Waals surface area contributed by atoms with Crippen molar-refractivity contribution in [3.63, 3.8) is 0 Å². The Labute approximate surface area is 143 Å². The summed E-state index contributed by atoms with van der Waals surface area (Å²) in [5, 5.41) is 4.31. The Morgan fingerprint density at radius 3 is 2.65 bits per heavy atom. The standard InChI is InChI=1S/C18H16ClNO2S/c1-11(12-6-4-3-5-7-12)20-18(21)17-16(19)14-10-13(22-2)8-9-15(14)23-17/h3-11H,1-2H3,(H,20,21). The third-order valence-electron chi connectivity index (χ3n) is 3.69. The number of rotatable bonds is 4. The predicted molar refractivity (Wildman–Crippen MR) is 95.7 cm³/mol. The van der Waals surface area contributed by atoms with Crippen LogP contribution >= 0.6 is 22.9 Å². The van der Waals surface area contributed by atoms with Crippen molar-refractivity contribution >= 4 is 38.9 Å². The second-order valence-corrected chi connectivity index (χ2v) is 6.64. The molecule has 1 amide bonds. The number of methoxy groups -OCH3 is 1. The van der Waals surface area contributed by atoms with Gasteiger partial charge >= 0.3 is 0 Å². The molecule has 0 aliphatic rings. The average molecular weight is 346 g/mol. The Bertz CT molecular complexity index is 845. The lowest BCUT2D eigenvalue weighted by molar-refractivity contribution is 0.0944. The van der Waals surface area contributed by atoms with E-state index in [0.717, 1.165) is 21.4 Å². The Morgan fingerprint density at radius 1 is 1.22 bits per heavy atom. The van der Waals surface area contributed by atoms with Gasteiger partial charge in [0.15, 0.2) is 0 Å². The molecule has 2 aromatic carbocycles. The van der Waals surface area contributed by atoms with E-state index in [9.17, 15) is 4.79 Å². The van der Waals surface area contributed by atoms with E-state index in [1.54, 1.807) is 7.11 Å². The Hall–Kier alpha value is -2.04. The third kappa shape index (κ3) is 3.19. The van der Waals surface area contributed by atoms with Crippen LogP contribution in [0.15, 0.2) is 48.5 Å². The van der Waals surface area contributed by atoms with Gasteiger partial charge in [-0.15, -0.1) is 11.3 Å². The van der Waals surface area contributed by atoms with Crippen LogP contribution in [0.3, 0.4) is 0 Å². The van der Waals surface area contributed by atoms with Gasteiger partial charge in [0.2, 0.25) is 0 Å². The number of hydrogen-bond acceptors (Lipinski definition) is 3. The molecule has 23 heavy (non-hydrogen) atoms. The van der Waals surface area contributed by atoms with Crippen LogP contribution in [0.5, 0.6) is 5.75 Å². The van der Waals surface area contributed by atoms with Crippen molar-refractivity contribution in [1.29, 1.82) is 0 Å². The van der Waals surface area contributed by atoms with Crippen LogP contribution in [0.2, 0.25) is 5.02 Å². The van der Waals surface area contributed by atoms with E-state index in [1.165, 1.54) is 11.3 Å².